The Bertz CT molecular complexity index is 876. The third-order valence-corrected chi connectivity index (χ3v) is 5.00. The van der Waals surface area contributed by atoms with Crippen molar-refractivity contribution in [1.29, 1.82) is 0 Å². The smallest absolute Gasteiger partial charge is 0.227 e. The highest BCUT2D eigenvalue weighted by atomic mass is 16.5. The van der Waals surface area contributed by atoms with E-state index in [-0.39, 0.29) is 11.9 Å². The Kier molecular flexibility index (Phi) is 7.53. The maximum atomic E-state index is 12.4. The van der Waals surface area contributed by atoms with E-state index in [9.17, 15) is 4.79 Å². The van der Waals surface area contributed by atoms with E-state index in [1.807, 2.05) is 48.5 Å². The zero-order chi connectivity index (χ0) is 20.5. The van der Waals surface area contributed by atoms with E-state index in [0.29, 0.717) is 31.1 Å². The summed E-state index contributed by atoms with van der Waals surface area (Å²) in [6.07, 6.45) is 0.739. The maximum absolute atomic E-state index is 12.4. The van der Waals surface area contributed by atoms with Gasteiger partial charge in [-0.15, -0.1) is 0 Å². The van der Waals surface area contributed by atoms with Crippen molar-refractivity contribution in [3.8, 4) is 11.4 Å². The van der Waals surface area contributed by atoms with E-state index in [1.165, 1.54) is 5.56 Å². The van der Waals surface area contributed by atoms with Gasteiger partial charge in [0, 0.05) is 24.9 Å². The molecule has 1 N–H and O–H groups in total. The standard InChI is InChI=1S/C23H28N4O2/c1-3-27(4-2)20(18-11-7-5-8-12-18)17-24-21(28)15-16-22-25-23(26-29-22)19-13-9-6-10-14-19/h5-14,20H,3-4,15-17H2,1-2H3,(H,24,28). The minimum atomic E-state index is -0.0162. The number of rotatable bonds is 10. The number of carbonyl (C=O) groups is 1. The molecule has 152 valence electrons. The van der Waals surface area contributed by atoms with E-state index in [2.05, 4.69) is 46.3 Å². The van der Waals surface area contributed by atoms with Crippen molar-refractivity contribution in [2.24, 2.45) is 0 Å². The van der Waals surface area contributed by atoms with Gasteiger partial charge in [-0.3, -0.25) is 9.69 Å². The molecule has 0 bridgehead atoms. The first kappa shape index (κ1) is 20.7. The minimum absolute atomic E-state index is 0.0162. The Morgan fingerprint density at radius 3 is 2.34 bits per heavy atom. The number of likely N-dealkylation sites (N-methyl/N-ethyl adjacent to an activating group) is 1. The first-order valence-electron chi connectivity index (χ1n) is 10.1. The zero-order valence-corrected chi connectivity index (χ0v) is 17.0. The number of hydrogen-bond acceptors (Lipinski definition) is 5. The topological polar surface area (TPSA) is 71.3 Å². The molecule has 6 heteroatoms. The highest BCUT2D eigenvalue weighted by Crippen LogP contribution is 2.19. The predicted octanol–water partition coefficient (Wildman–Crippen LogP) is 3.87. The number of hydrogen-bond donors (Lipinski definition) is 1. The fourth-order valence-corrected chi connectivity index (χ4v) is 3.38. The molecule has 0 fully saturated rings. The van der Waals surface area contributed by atoms with Crippen molar-refractivity contribution in [1.82, 2.24) is 20.4 Å². The van der Waals surface area contributed by atoms with Crippen LogP contribution in [0.5, 0.6) is 0 Å². The molecule has 0 aliphatic rings. The van der Waals surface area contributed by atoms with Crippen LogP contribution in [-0.4, -0.2) is 40.6 Å². The summed E-state index contributed by atoms with van der Waals surface area (Å²) in [7, 11) is 0. The second-order valence-electron chi connectivity index (χ2n) is 6.83. The molecule has 3 aromatic rings. The lowest BCUT2D eigenvalue weighted by Gasteiger charge is -2.30. The zero-order valence-electron chi connectivity index (χ0n) is 17.0. The van der Waals surface area contributed by atoms with Gasteiger partial charge in [0.1, 0.15) is 0 Å². The van der Waals surface area contributed by atoms with Crippen LogP contribution >= 0.6 is 0 Å². The first-order valence-corrected chi connectivity index (χ1v) is 10.1. The van der Waals surface area contributed by atoms with Crippen molar-refractivity contribution in [3.63, 3.8) is 0 Å². The van der Waals surface area contributed by atoms with Gasteiger partial charge in [-0.25, -0.2) is 0 Å². The lowest BCUT2D eigenvalue weighted by Crippen LogP contribution is -2.38. The maximum Gasteiger partial charge on any atom is 0.227 e. The van der Waals surface area contributed by atoms with Gasteiger partial charge in [0.2, 0.25) is 17.6 Å². The second-order valence-corrected chi connectivity index (χ2v) is 6.83. The Balaban J connectivity index is 1.54. The third-order valence-electron chi connectivity index (χ3n) is 5.00. The Labute approximate surface area is 171 Å². The second kappa shape index (κ2) is 10.5. The van der Waals surface area contributed by atoms with Gasteiger partial charge in [0.25, 0.3) is 0 Å². The van der Waals surface area contributed by atoms with Crippen molar-refractivity contribution in [3.05, 3.63) is 72.1 Å². The number of nitrogens with zero attached hydrogens (tertiary/aromatic N) is 3. The van der Waals surface area contributed by atoms with Crippen LogP contribution in [0.4, 0.5) is 0 Å². The average Bonchev–Trinajstić information content (AvgIpc) is 3.25. The highest BCUT2D eigenvalue weighted by Gasteiger charge is 2.19. The van der Waals surface area contributed by atoms with Crippen LogP contribution in [0.15, 0.2) is 65.2 Å². The molecule has 0 aliphatic carbocycles. The van der Waals surface area contributed by atoms with Gasteiger partial charge < -0.3 is 9.84 Å². The van der Waals surface area contributed by atoms with E-state index in [4.69, 9.17) is 4.52 Å². The molecule has 0 spiro atoms. The van der Waals surface area contributed by atoms with Crippen LogP contribution in [-0.2, 0) is 11.2 Å². The summed E-state index contributed by atoms with van der Waals surface area (Å²) in [5, 5.41) is 7.07. The Hall–Kier alpha value is -2.99. The number of aromatic nitrogens is 2. The first-order chi connectivity index (χ1) is 14.2. The Morgan fingerprint density at radius 2 is 1.69 bits per heavy atom. The van der Waals surface area contributed by atoms with Gasteiger partial charge in [-0.2, -0.15) is 4.98 Å². The Morgan fingerprint density at radius 1 is 1.03 bits per heavy atom. The number of nitrogens with one attached hydrogen (secondary N) is 1. The summed E-state index contributed by atoms with van der Waals surface area (Å²) in [6, 6.07) is 20.1. The molecule has 0 saturated carbocycles. The van der Waals surface area contributed by atoms with Crippen LogP contribution < -0.4 is 5.32 Å². The summed E-state index contributed by atoms with van der Waals surface area (Å²) in [4.78, 5) is 19.1. The molecule has 0 aliphatic heterocycles. The fourth-order valence-electron chi connectivity index (χ4n) is 3.38. The average molecular weight is 393 g/mol. The van der Waals surface area contributed by atoms with E-state index in [1.54, 1.807) is 0 Å². The van der Waals surface area contributed by atoms with Crippen LogP contribution in [0, 0.1) is 0 Å². The predicted molar refractivity (Wildman–Crippen MR) is 113 cm³/mol. The van der Waals surface area contributed by atoms with Crippen molar-refractivity contribution in [2.75, 3.05) is 19.6 Å². The van der Waals surface area contributed by atoms with Crippen LogP contribution in [0.3, 0.4) is 0 Å². The summed E-state index contributed by atoms with van der Waals surface area (Å²) in [5.74, 6) is 1.01. The molecule has 1 atom stereocenters. The third kappa shape index (κ3) is 5.74. The van der Waals surface area contributed by atoms with E-state index in [0.717, 1.165) is 18.7 Å². The number of amides is 1. The van der Waals surface area contributed by atoms with E-state index >= 15 is 0 Å². The molecule has 1 amide bonds. The van der Waals surface area contributed by atoms with Crippen molar-refractivity contribution < 1.29 is 9.32 Å². The number of carbonyl (C=O) groups excluding carboxylic acids is 1. The van der Waals surface area contributed by atoms with Crippen molar-refractivity contribution in [2.45, 2.75) is 32.7 Å². The molecular weight excluding hydrogens is 364 g/mol. The lowest BCUT2D eigenvalue weighted by atomic mass is 10.0. The van der Waals surface area contributed by atoms with Crippen LogP contribution in [0.25, 0.3) is 11.4 Å². The fraction of sp³-hybridized carbons (Fsp3) is 0.348. The quantitative estimate of drug-likeness (QED) is 0.567. The monoisotopic (exact) mass is 392 g/mol. The normalized spacial score (nSPS) is 12.1. The van der Waals surface area contributed by atoms with Gasteiger partial charge in [-0.05, 0) is 18.7 Å². The van der Waals surface area contributed by atoms with Gasteiger partial charge in [0.15, 0.2) is 0 Å². The van der Waals surface area contributed by atoms with Gasteiger partial charge >= 0.3 is 0 Å². The number of aryl methyl sites for hydroxylation is 1. The van der Waals surface area contributed by atoms with Crippen LogP contribution in [0.1, 0.15) is 37.8 Å². The summed E-state index contributed by atoms with van der Waals surface area (Å²) in [5.41, 5.74) is 2.11. The van der Waals surface area contributed by atoms with Crippen molar-refractivity contribution >= 4 is 5.91 Å². The molecule has 1 aromatic heterocycles. The summed E-state index contributed by atoms with van der Waals surface area (Å²) >= 11 is 0. The summed E-state index contributed by atoms with van der Waals surface area (Å²) in [6.45, 7) is 6.71. The largest absolute Gasteiger partial charge is 0.354 e. The van der Waals surface area contributed by atoms with E-state index < -0.39 is 0 Å². The molecule has 0 saturated heterocycles. The lowest BCUT2D eigenvalue weighted by molar-refractivity contribution is -0.121. The molecule has 29 heavy (non-hydrogen) atoms. The van der Waals surface area contributed by atoms with Gasteiger partial charge in [0.05, 0.1) is 6.04 Å². The van der Waals surface area contributed by atoms with Crippen LogP contribution in [0.2, 0.25) is 0 Å². The molecule has 1 heterocycles. The molecule has 3 rings (SSSR count). The molecular formula is C23H28N4O2. The molecule has 0 radical (unpaired) electrons. The minimum Gasteiger partial charge on any atom is -0.354 e. The molecule has 1 unspecified atom stereocenters. The molecule has 6 nitrogen and oxygen atoms in total. The number of benzene rings is 2. The SMILES string of the molecule is CCN(CC)C(CNC(=O)CCc1nc(-c2ccccc2)no1)c1ccccc1. The highest BCUT2D eigenvalue weighted by molar-refractivity contribution is 5.76. The molecule has 2 aromatic carbocycles. The summed E-state index contributed by atoms with van der Waals surface area (Å²) < 4.78 is 5.29. The van der Waals surface area contributed by atoms with Gasteiger partial charge in [-0.1, -0.05) is 79.7 Å².